The lowest BCUT2D eigenvalue weighted by molar-refractivity contribution is 0.607. The van der Waals surface area contributed by atoms with Gasteiger partial charge < -0.3 is 5.32 Å². The van der Waals surface area contributed by atoms with Crippen molar-refractivity contribution in [3.8, 4) is 0 Å². The summed E-state index contributed by atoms with van der Waals surface area (Å²) < 4.78 is 13.1. The molecule has 1 saturated heterocycles. The smallest absolute Gasteiger partial charge is 0.142 e. The molecule has 1 fully saturated rings. The summed E-state index contributed by atoms with van der Waals surface area (Å²) in [5, 5.41) is 3.51. The third-order valence-corrected chi connectivity index (χ3v) is 2.71. The molecule has 1 atom stereocenters. The van der Waals surface area contributed by atoms with E-state index >= 15 is 0 Å². The monoisotopic (exact) mass is 235 g/mol. The van der Waals surface area contributed by atoms with Crippen LogP contribution in [-0.4, -0.2) is 6.54 Å². The minimum Gasteiger partial charge on any atom is -0.310 e. The number of hydrogen-bond acceptors (Lipinski definition) is 1. The van der Waals surface area contributed by atoms with Crippen molar-refractivity contribution >= 4 is 24.0 Å². The highest BCUT2D eigenvalue weighted by Crippen LogP contribution is 2.25. The van der Waals surface area contributed by atoms with Crippen LogP contribution in [0.1, 0.15) is 24.4 Å². The maximum absolute atomic E-state index is 13.1. The molecule has 0 bridgehead atoms. The van der Waals surface area contributed by atoms with Crippen LogP contribution in [0.3, 0.4) is 0 Å². The van der Waals surface area contributed by atoms with Gasteiger partial charge in [0.15, 0.2) is 0 Å². The van der Waals surface area contributed by atoms with Crippen LogP contribution in [0.15, 0.2) is 18.2 Å². The van der Waals surface area contributed by atoms with Crippen molar-refractivity contribution in [3.63, 3.8) is 0 Å². The fraction of sp³-hybridized carbons (Fsp3) is 0.400. The fourth-order valence-electron chi connectivity index (χ4n) is 1.70. The van der Waals surface area contributed by atoms with E-state index in [4.69, 9.17) is 11.6 Å². The molecular formula is C10H12Cl2FN. The van der Waals surface area contributed by atoms with Gasteiger partial charge in [-0.2, -0.15) is 0 Å². The average molecular weight is 236 g/mol. The Balaban J connectivity index is 0.000000980. The Morgan fingerprint density at radius 2 is 2.21 bits per heavy atom. The SMILES string of the molecule is Cl.Fc1cc([C@H]2CCCN2)ccc1Cl. The Kier molecular flexibility index (Phi) is 4.17. The average Bonchev–Trinajstić information content (AvgIpc) is 2.62. The molecule has 0 saturated carbocycles. The van der Waals surface area contributed by atoms with E-state index in [-0.39, 0.29) is 23.2 Å². The normalized spacial score (nSPS) is 20.6. The molecule has 0 aliphatic carbocycles. The topological polar surface area (TPSA) is 12.0 Å². The number of nitrogens with one attached hydrogen (secondary N) is 1. The van der Waals surface area contributed by atoms with E-state index in [1.54, 1.807) is 6.07 Å². The van der Waals surface area contributed by atoms with Gasteiger partial charge >= 0.3 is 0 Å². The Bertz CT molecular complexity index is 311. The molecule has 0 aromatic heterocycles. The number of benzene rings is 1. The fourth-order valence-corrected chi connectivity index (χ4v) is 1.82. The largest absolute Gasteiger partial charge is 0.310 e. The molecule has 4 heteroatoms. The molecule has 1 aliphatic rings. The van der Waals surface area contributed by atoms with Crippen LogP contribution >= 0.6 is 24.0 Å². The molecule has 0 unspecified atom stereocenters. The molecule has 0 radical (unpaired) electrons. The van der Waals surface area contributed by atoms with Gasteiger partial charge in [0.1, 0.15) is 5.82 Å². The molecule has 1 aliphatic heterocycles. The van der Waals surface area contributed by atoms with E-state index in [0.29, 0.717) is 6.04 Å². The molecule has 1 aromatic carbocycles. The Morgan fingerprint density at radius 3 is 2.79 bits per heavy atom. The number of rotatable bonds is 1. The van der Waals surface area contributed by atoms with Crippen molar-refractivity contribution in [1.82, 2.24) is 5.32 Å². The summed E-state index contributed by atoms with van der Waals surface area (Å²) >= 11 is 5.59. The Labute approximate surface area is 94.1 Å². The third kappa shape index (κ3) is 2.38. The molecule has 1 N–H and O–H groups in total. The lowest BCUT2D eigenvalue weighted by Crippen LogP contribution is -2.12. The van der Waals surface area contributed by atoms with Crippen LogP contribution in [-0.2, 0) is 0 Å². The van der Waals surface area contributed by atoms with Gasteiger partial charge in [-0.1, -0.05) is 17.7 Å². The van der Waals surface area contributed by atoms with E-state index in [9.17, 15) is 4.39 Å². The summed E-state index contributed by atoms with van der Waals surface area (Å²) in [5.41, 5.74) is 0.999. The van der Waals surface area contributed by atoms with E-state index < -0.39 is 0 Å². The predicted molar refractivity (Wildman–Crippen MR) is 58.6 cm³/mol. The maximum Gasteiger partial charge on any atom is 0.142 e. The first-order valence-corrected chi connectivity index (χ1v) is 4.83. The summed E-state index contributed by atoms with van der Waals surface area (Å²) in [6.07, 6.45) is 2.25. The molecule has 14 heavy (non-hydrogen) atoms. The highest BCUT2D eigenvalue weighted by molar-refractivity contribution is 6.30. The maximum atomic E-state index is 13.1. The lowest BCUT2D eigenvalue weighted by Gasteiger charge is -2.10. The molecular weight excluding hydrogens is 224 g/mol. The van der Waals surface area contributed by atoms with Gasteiger partial charge in [-0.25, -0.2) is 4.39 Å². The van der Waals surface area contributed by atoms with Crippen molar-refractivity contribution in [2.75, 3.05) is 6.54 Å². The quantitative estimate of drug-likeness (QED) is 0.788. The van der Waals surface area contributed by atoms with E-state index in [2.05, 4.69) is 5.32 Å². The van der Waals surface area contributed by atoms with Gasteiger partial charge in [0.2, 0.25) is 0 Å². The van der Waals surface area contributed by atoms with Gasteiger partial charge in [0.25, 0.3) is 0 Å². The minimum absolute atomic E-state index is 0. The second kappa shape index (κ2) is 4.96. The summed E-state index contributed by atoms with van der Waals surface area (Å²) in [7, 11) is 0. The highest BCUT2D eigenvalue weighted by Gasteiger charge is 2.16. The van der Waals surface area contributed by atoms with Crippen LogP contribution in [0, 0.1) is 5.82 Å². The first kappa shape index (κ1) is 11.8. The van der Waals surface area contributed by atoms with Gasteiger partial charge in [-0.15, -0.1) is 12.4 Å². The number of hydrogen-bond donors (Lipinski definition) is 1. The van der Waals surface area contributed by atoms with Gasteiger partial charge in [-0.3, -0.25) is 0 Å². The van der Waals surface area contributed by atoms with E-state index in [1.165, 1.54) is 6.07 Å². The second-order valence-corrected chi connectivity index (χ2v) is 3.73. The molecule has 2 rings (SSSR count). The van der Waals surface area contributed by atoms with Crippen molar-refractivity contribution < 1.29 is 4.39 Å². The Morgan fingerprint density at radius 1 is 1.43 bits per heavy atom. The predicted octanol–water partition coefficient (Wildman–Crippen LogP) is 3.33. The molecule has 0 spiro atoms. The Hall–Kier alpha value is -0.310. The first-order valence-electron chi connectivity index (χ1n) is 4.46. The first-order chi connectivity index (χ1) is 6.27. The van der Waals surface area contributed by atoms with Crippen molar-refractivity contribution in [1.29, 1.82) is 0 Å². The van der Waals surface area contributed by atoms with Crippen LogP contribution < -0.4 is 5.32 Å². The van der Waals surface area contributed by atoms with Crippen molar-refractivity contribution in [2.24, 2.45) is 0 Å². The summed E-state index contributed by atoms with van der Waals surface area (Å²) in [6, 6.07) is 5.33. The second-order valence-electron chi connectivity index (χ2n) is 3.32. The van der Waals surface area contributed by atoms with Crippen LogP contribution in [0.25, 0.3) is 0 Å². The summed E-state index contributed by atoms with van der Waals surface area (Å²) in [5.74, 6) is -0.326. The zero-order valence-electron chi connectivity index (χ0n) is 7.59. The summed E-state index contributed by atoms with van der Waals surface area (Å²) in [6.45, 7) is 1.02. The standard InChI is InChI=1S/C10H11ClFN.ClH/c11-8-4-3-7(6-9(8)12)10-2-1-5-13-10;/h3-4,6,10,13H,1-2,5H2;1H/t10-;/m1./s1. The van der Waals surface area contributed by atoms with Crippen molar-refractivity contribution in [3.05, 3.63) is 34.6 Å². The van der Waals surface area contributed by atoms with Crippen LogP contribution in [0.2, 0.25) is 5.02 Å². The zero-order chi connectivity index (χ0) is 9.26. The molecule has 78 valence electrons. The third-order valence-electron chi connectivity index (χ3n) is 2.41. The highest BCUT2D eigenvalue weighted by atomic mass is 35.5. The van der Waals surface area contributed by atoms with Gasteiger partial charge in [0.05, 0.1) is 5.02 Å². The molecule has 0 amide bonds. The zero-order valence-corrected chi connectivity index (χ0v) is 9.17. The van der Waals surface area contributed by atoms with Crippen molar-refractivity contribution in [2.45, 2.75) is 18.9 Å². The summed E-state index contributed by atoms with van der Waals surface area (Å²) in [4.78, 5) is 0. The van der Waals surface area contributed by atoms with Crippen LogP contribution in [0.4, 0.5) is 4.39 Å². The molecule has 1 aromatic rings. The van der Waals surface area contributed by atoms with E-state index in [1.807, 2.05) is 6.07 Å². The van der Waals surface area contributed by atoms with E-state index in [0.717, 1.165) is 24.9 Å². The lowest BCUT2D eigenvalue weighted by atomic mass is 10.1. The minimum atomic E-state index is -0.326. The van der Waals surface area contributed by atoms with Gasteiger partial charge in [0, 0.05) is 6.04 Å². The molecule has 1 nitrogen and oxygen atoms in total. The molecule has 1 heterocycles. The van der Waals surface area contributed by atoms with Crippen LogP contribution in [0.5, 0.6) is 0 Å². The van der Waals surface area contributed by atoms with Gasteiger partial charge in [-0.05, 0) is 37.1 Å². The number of halogens is 3.